The normalized spacial score (nSPS) is 10.4. The van der Waals surface area contributed by atoms with E-state index in [4.69, 9.17) is 9.94 Å². The van der Waals surface area contributed by atoms with Gasteiger partial charge in [-0.05, 0) is 24.1 Å². The van der Waals surface area contributed by atoms with Gasteiger partial charge < -0.3 is 9.94 Å². The molecule has 0 spiro atoms. The number of allylic oxidation sites excluding steroid dienone is 3. The van der Waals surface area contributed by atoms with Crippen molar-refractivity contribution in [3.05, 3.63) is 36.1 Å². The maximum Gasteiger partial charge on any atom is 0.121 e. The molecule has 0 atom stereocenters. The van der Waals surface area contributed by atoms with Crippen LogP contribution in [0, 0.1) is 0 Å². The number of nitrogens with zero attached hydrogens (tertiary/aromatic N) is 1. The highest BCUT2D eigenvalue weighted by Crippen LogP contribution is 2.08. The van der Waals surface area contributed by atoms with Gasteiger partial charge in [0.2, 0.25) is 0 Å². The van der Waals surface area contributed by atoms with Gasteiger partial charge >= 0.3 is 0 Å². The minimum atomic E-state index is 0.553. The van der Waals surface area contributed by atoms with Crippen LogP contribution < -0.4 is 0 Å². The number of oxime groups is 1. The first-order chi connectivity index (χ1) is 6.61. The average Bonchev–Trinajstić information content (AvgIpc) is 2.17. The summed E-state index contributed by atoms with van der Waals surface area (Å²) in [5, 5.41) is 11.0. The van der Waals surface area contributed by atoms with Gasteiger partial charge in [-0.1, -0.05) is 32.2 Å². The minimum Gasteiger partial charge on any atom is -0.496 e. The van der Waals surface area contributed by atoms with E-state index < -0.39 is 0 Å². The number of hydrogen-bond donors (Lipinski definition) is 1. The Bertz CT molecular complexity index is 240. The summed E-state index contributed by atoms with van der Waals surface area (Å²) in [6.07, 6.45) is 2.87. The molecule has 0 saturated carbocycles. The van der Waals surface area contributed by atoms with E-state index in [2.05, 4.69) is 18.3 Å². The van der Waals surface area contributed by atoms with E-state index in [1.165, 1.54) is 6.21 Å². The standard InChI is InChI=1S/C9H13NO2.C2H6/c1-7(2)9(12-4)5-8(3)6-10-11;1-2/h5-6,11H,1,3H2,2,4H3;1-2H3/b9-5+,10-6+;. The van der Waals surface area contributed by atoms with E-state index in [9.17, 15) is 0 Å². The van der Waals surface area contributed by atoms with Crippen molar-refractivity contribution in [1.82, 2.24) is 0 Å². The summed E-state index contributed by atoms with van der Waals surface area (Å²) >= 11 is 0. The van der Waals surface area contributed by atoms with Crippen LogP contribution in [-0.4, -0.2) is 18.5 Å². The van der Waals surface area contributed by atoms with Crippen molar-refractivity contribution < 1.29 is 9.94 Å². The molecule has 14 heavy (non-hydrogen) atoms. The summed E-state index contributed by atoms with van der Waals surface area (Å²) in [6, 6.07) is 0. The third kappa shape index (κ3) is 7.16. The Hall–Kier alpha value is -1.51. The van der Waals surface area contributed by atoms with Crippen LogP contribution in [0.1, 0.15) is 20.8 Å². The molecule has 0 unspecified atom stereocenters. The van der Waals surface area contributed by atoms with Crippen molar-refractivity contribution in [3.63, 3.8) is 0 Å². The quantitative estimate of drug-likeness (QED) is 0.247. The maximum atomic E-state index is 8.18. The highest BCUT2D eigenvalue weighted by Gasteiger charge is 1.96. The van der Waals surface area contributed by atoms with E-state index in [1.54, 1.807) is 13.2 Å². The molecule has 0 aromatic carbocycles. The fraction of sp³-hybridized carbons (Fsp3) is 0.364. The van der Waals surface area contributed by atoms with Crippen LogP contribution in [0.2, 0.25) is 0 Å². The Morgan fingerprint density at radius 1 is 1.36 bits per heavy atom. The maximum absolute atomic E-state index is 8.18. The average molecular weight is 197 g/mol. The lowest BCUT2D eigenvalue weighted by Crippen LogP contribution is -1.89. The Labute approximate surface area is 86.1 Å². The summed E-state index contributed by atoms with van der Waals surface area (Å²) in [7, 11) is 1.55. The van der Waals surface area contributed by atoms with Crippen LogP contribution in [-0.2, 0) is 4.74 Å². The lowest BCUT2D eigenvalue weighted by Gasteiger charge is -2.03. The van der Waals surface area contributed by atoms with Gasteiger partial charge in [0.25, 0.3) is 0 Å². The fourth-order valence-electron chi connectivity index (χ4n) is 0.636. The molecule has 0 fully saturated rings. The van der Waals surface area contributed by atoms with Crippen molar-refractivity contribution in [2.45, 2.75) is 20.8 Å². The largest absolute Gasteiger partial charge is 0.496 e. The van der Waals surface area contributed by atoms with Gasteiger partial charge in [-0.25, -0.2) is 0 Å². The number of rotatable bonds is 4. The zero-order valence-electron chi connectivity index (χ0n) is 9.37. The monoisotopic (exact) mass is 197 g/mol. The molecule has 0 radical (unpaired) electrons. The molecule has 0 aliphatic carbocycles. The summed E-state index contributed by atoms with van der Waals surface area (Å²) in [6.45, 7) is 13.1. The van der Waals surface area contributed by atoms with E-state index >= 15 is 0 Å². The first-order valence-electron chi connectivity index (χ1n) is 4.39. The zero-order chi connectivity index (χ0) is 11.6. The lowest BCUT2D eigenvalue weighted by atomic mass is 10.2. The molecule has 0 rings (SSSR count). The molecule has 0 amide bonds. The van der Waals surface area contributed by atoms with Crippen LogP contribution in [0.25, 0.3) is 0 Å². The third-order valence-corrected chi connectivity index (χ3v) is 1.18. The second-order valence-corrected chi connectivity index (χ2v) is 2.31. The predicted molar refractivity (Wildman–Crippen MR) is 60.7 cm³/mol. The van der Waals surface area contributed by atoms with E-state index in [0.717, 1.165) is 5.57 Å². The highest BCUT2D eigenvalue weighted by molar-refractivity contribution is 5.81. The molecule has 80 valence electrons. The van der Waals surface area contributed by atoms with Crippen LogP contribution in [0.3, 0.4) is 0 Å². The van der Waals surface area contributed by atoms with Crippen molar-refractivity contribution in [2.75, 3.05) is 7.11 Å². The predicted octanol–water partition coefficient (Wildman–Crippen LogP) is 3.14. The second kappa shape index (κ2) is 9.58. The highest BCUT2D eigenvalue weighted by atomic mass is 16.5. The zero-order valence-corrected chi connectivity index (χ0v) is 9.37. The van der Waals surface area contributed by atoms with E-state index in [-0.39, 0.29) is 0 Å². The third-order valence-electron chi connectivity index (χ3n) is 1.18. The molecule has 0 aliphatic rings. The molecule has 0 aromatic heterocycles. The molecule has 0 heterocycles. The van der Waals surface area contributed by atoms with Crippen LogP contribution in [0.15, 0.2) is 41.3 Å². The molecule has 1 N–H and O–H groups in total. The van der Waals surface area contributed by atoms with Crippen molar-refractivity contribution in [1.29, 1.82) is 0 Å². The number of ether oxygens (including phenoxy) is 1. The van der Waals surface area contributed by atoms with Crippen molar-refractivity contribution in [2.24, 2.45) is 5.16 Å². The first kappa shape index (κ1) is 15.0. The molecular weight excluding hydrogens is 178 g/mol. The summed E-state index contributed by atoms with van der Waals surface area (Å²) in [5.74, 6) is 0.625. The molecule has 0 bridgehead atoms. The summed E-state index contributed by atoms with van der Waals surface area (Å²) in [4.78, 5) is 0. The SMILES string of the molecule is C=C(/C=N/O)/C=C(/OC)C(=C)C.CC. The van der Waals surface area contributed by atoms with Gasteiger partial charge in [0.05, 0.1) is 13.3 Å². The Kier molecular flexibility index (Phi) is 10.3. The van der Waals surface area contributed by atoms with Gasteiger partial charge in [0.1, 0.15) is 5.76 Å². The number of methoxy groups -OCH3 is 1. The summed E-state index contributed by atoms with van der Waals surface area (Å²) in [5.41, 5.74) is 1.35. The Morgan fingerprint density at radius 3 is 2.14 bits per heavy atom. The molecule has 3 heteroatoms. The van der Waals surface area contributed by atoms with Gasteiger partial charge in [-0.3, -0.25) is 0 Å². The Balaban J connectivity index is 0. The summed E-state index contributed by atoms with van der Waals surface area (Å²) < 4.78 is 4.99. The smallest absolute Gasteiger partial charge is 0.121 e. The van der Waals surface area contributed by atoms with Gasteiger partial charge in [0, 0.05) is 0 Å². The van der Waals surface area contributed by atoms with Crippen LogP contribution in [0.4, 0.5) is 0 Å². The van der Waals surface area contributed by atoms with E-state index in [1.807, 2.05) is 20.8 Å². The van der Waals surface area contributed by atoms with Gasteiger partial charge in [0.15, 0.2) is 0 Å². The van der Waals surface area contributed by atoms with Crippen molar-refractivity contribution >= 4 is 6.21 Å². The Morgan fingerprint density at radius 2 is 1.86 bits per heavy atom. The topological polar surface area (TPSA) is 41.8 Å². The second-order valence-electron chi connectivity index (χ2n) is 2.31. The van der Waals surface area contributed by atoms with Gasteiger partial charge in [-0.2, -0.15) is 0 Å². The molecule has 0 saturated heterocycles. The molecule has 0 aliphatic heterocycles. The molecule has 3 nitrogen and oxygen atoms in total. The molecule has 0 aromatic rings. The van der Waals surface area contributed by atoms with Gasteiger partial charge in [-0.15, -0.1) is 0 Å². The first-order valence-corrected chi connectivity index (χ1v) is 4.39. The fourth-order valence-corrected chi connectivity index (χ4v) is 0.636. The minimum absolute atomic E-state index is 0.553. The lowest BCUT2D eigenvalue weighted by molar-refractivity contribution is 0.301. The van der Waals surface area contributed by atoms with Crippen LogP contribution >= 0.6 is 0 Å². The van der Waals surface area contributed by atoms with Crippen molar-refractivity contribution in [3.8, 4) is 0 Å². The van der Waals surface area contributed by atoms with Crippen LogP contribution in [0.5, 0.6) is 0 Å². The molecular formula is C11H19NO2. The van der Waals surface area contributed by atoms with E-state index in [0.29, 0.717) is 11.3 Å². The number of hydrogen-bond acceptors (Lipinski definition) is 3.